The Balaban J connectivity index is 2.22. The molecule has 2 rings (SSSR count). The molecule has 0 radical (unpaired) electrons. The number of aliphatic hydroxyl groups is 1. The Hall–Kier alpha value is -1.09. The Labute approximate surface area is 121 Å². The quantitative estimate of drug-likeness (QED) is 0.869. The van der Waals surface area contributed by atoms with Crippen LogP contribution in [-0.2, 0) is 6.42 Å². The van der Waals surface area contributed by atoms with Crippen molar-refractivity contribution in [2.45, 2.75) is 19.4 Å². The number of hydrogen-bond acceptors (Lipinski definition) is 1. The Morgan fingerprint density at radius 1 is 1.11 bits per heavy atom. The molecule has 1 nitrogen and oxygen atoms in total. The summed E-state index contributed by atoms with van der Waals surface area (Å²) >= 11 is 11.8. The molecule has 0 spiro atoms. The van der Waals surface area contributed by atoms with Crippen LogP contribution in [-0.4, -0.2) is 5.11 Å². The molecule has 0 aliphatic rings. The molecule has 0 saturated heterocycles. The molecule has 0 aromatic heterocycles. The number of halogens is 3. The first-order chi connectivity index (χ1) is 8.95. The second kappa shape index (κ2) is 5.91. The molecule has 0 bridgehead atoms. The van der Waals surface area contributed by atoms with Gasteiger partial charge >= 0.3 is 0 Å². The summed E-state index contributed by atoms with van der Waals surface area (Å²) in [5.74, 6) is -0.276. The average molecular weight is 299 g/mol. The largest absolute Gasteiger partial charge is 0.388 e. The molecule has 1 unspecified atom stereocenters. The smallest absolute Gasteiger partial charge is 0.123 e. The van der Waals surface area contributed by atoms with E-state index in [-0.39, 0.29) is 5.82 Å². The van der Waals surface area contributed by atoms with E-state index in [1.165, 1.54) is 12.1 Å². The maximum atomic E-state index is 13.0. The molecule has 1 N–H and O–H groups in total. The van der Waals surface area contributed by atoms with Crippen molar-refractivity contribution in [2.24, 2.45) is 0 Å². The third kappa shape index (κ3) is 3.69. The van der Waals surface area contributed by atoms with Gasteiger partial charge in [-0.3, -0.25) is 0 Å². The zero-order chi connectivity index (χ0) is 14.0. The molecule has 19 heavy (non-hydrogen) atoms. The van der Waals surface area contributed by atoms with E-state index < -0.39 is 6.10 Å². The van der Waals surface area contributed by atoms with E-state index in [0.29, 0.717) is 22.0 Å². The first-order valence-corrected chi connectivity index (χ1v) is 6.60. The van der Waals surface area contributed by atoms with Gasteiger partial charge < -0.3 is 5.11 Å². The highest BCUT2D eigenvalue weighted by Gasteiger charge is 2.12. The normalized spacial score (nSPS) is 12.5. The van der Waals surface area contributed by atoms with Gasteiger partial charge in [-0.15, -0.1) is 0 Å². The summed E-state index contributed by atoms with van der Waals surface area (Å²) in [5.41, 5.74) is 2.36. The molecular weight excluding hydrogens is 286 g/mol. The van der Waals surface area contributed by atoms with Crippen LogP contribution in [0, 0.1) is 12.7 Å². The van der Waals surface area contributed by atoms with Crippen molar-refractivity contribution in [1.82, 2.24) is 0 Å². The summed E-state index contributed by atoms with van der Waals surface area (Å²) < 4.78 is 13.0. The lowest BCUT2D eigenvalue weighted by molar-refractivity contribution is 0.178. The monoisotopic (exact) mass is 298 g/mol. The second-order valence-electron chi connectivity index (χ2n) is 4.49. The molecule has 0 heterocycles. The molecule has 0 aliphatic heterocycles. The van der Waals surface area contributed by atoms with Gasteiger partial charge in [-0.1, -0.05) is 29.3 Å². The van der Waals surface area contributed by atoms with E-state index in [9.17, 15) is 9.50 Å². The molecule has 0 aliphatic carbocycles. The van der Waals surface area contributed by atoms with Gasteiger partial charge in [0.05, 0.1) is 6.10 Å². The van der Waals surface area contributed by atoms with Crippen LogP contribution < -0.4 is 0 Å². The first-order valence-electron chi connectivity index (χ1n) is 5.85. The van der Waals surface area contributed by atoms with Gasteiger partial charge in [-0.05, 0) is 53.9 Å². The summed E-state index contributed by atoms with van der Waals surface area (Å²) in [4.78, 5) is 0. The van der Waals surface area contributed by atoms with Crippen LogP contribution in [0.2, 0.25) is 10.0 Å². The van der Waals surface area contributed by atoms with E-state index in [0.717, 1.165) is 11.1 Å². The lowest BCUT2D eigenvalue weighted by Gasteiger charge is -2.14. The lowest BCUT2D eigenvalue weighted by atomic mass is 9.98. The average Bonchev–Trinajstić information content (AvgIpc) is 2.31. The molecule has 100 valence electrons. The van der Waals surface area contributed by atoms with Crippen molar-refractivity contribution >= 4 is 23.2 Å². The maximum absolute atomic E-state index is 13.0. The fourth-order valence-electron chi connectivity index (χ4n) is 1.98. The molecule has 0 amide bonds. The third-order valence-corrected chi connectivity index (χ3v) is 3.42. The summed E-state index contributed by atoms with van der Waals surface area (Å²) in [7, 11) is 0. The topological polar surface area (TPSA) is 20.2 Å². The second-order valence-corrected chi connectivity index (χ2v) is 5.37. The van der Waals surface area contributed by atoms with Crippen molar-refractivity contribution in [2.75, 3.05) is 0 Å². The summed E-state index contributed by atoms with van der Waals surface area (Å²) in [6, 6.07) is 9.49. The number of aryl methyl sites for hydroxylation is 1. The fraction of sp³-hybridized carbons (Fsp3) is 0.200. The van der Waals surface area contributed by atoms with E-state index in [1.54, 1.807) is 24.3 Å². The van der Waals surface area contributed by atoms with E-state index >= 15 is 0 Å². The van der Waals surface area contributed by atoms with Gasteiger partial charge in [0.2, 0.25) is 0 Å². The predicted molar refractivity (Wildman–Crippen MR) is 76.3 cm³/mol. The van der Waals surface area contributed by atoms with Crippen LogP contribution in [0.25, 0.3) is 0 Å². The molecule has 0 fully saturated rings. The third-order valence-electron chi connectivity index (χ3n) is 2.99. The number of aliphatic hydroxyl groups excluding tert-OH is 1. The highest BCUT2D eigenvalue weighted by Crippen LogP contribution is 2.26. The van der Waals surface area contributed by atoms with Gasteiger partial charge in [0.25, 0.3) is 0 Å². The molecule has 0 saturated carbocycles. The molecule has 2 aromatic rings. The standard InChI is InChI=1S/C15H13Cl2FO/c1-9-4-14(18)3-2-10(9)7-15(19)11-5-12(16)8-13(17)6-11/h2-6,8,15,19H,7H2,1H3. The van der Waals surface area contributed by atoms with Gasteiger partial charge in [-0.25, -0.2) is 4.39 Å². The fourth-order valence-corrected chi connectivity index (χ4v) is 2.52. The van der Waals surface area contributed by atoms with Gasteiger partial charge in [0.15, 0.2) is 0 Å². The van der Waals surface area contributed by atoms with Crippen molar-refractivity contribution < 1.29 is 9.50 Å². The van der Waals surface area contributed by atoms with Crippen LogP contribution >= 0.6 is 23.2 Å². The zero-order valence-electron chi connectivity index (χ0n) is 10.3. The summed E-state index contributed by atoms with van der Waals surface area (Å²) in [5, 5.41) is 11.2. The van der Waals surface area contributed by atoms with E-state index in [2.05, 4.69) is 0 Å². The highest BCUT2D eigenvalue weighted by atomic mass is 35.5. The Morgan fingerprint density at radius 3 is 2.32 bits per heavy atom. The number of benzene rings is 2. The Morgan fingerprint density at radius 2 is 1.74 bits per heavy atom. The lowest BCUT2D eigenvalue weighted by Crippen LogP contribution is -2.03. The van der Waals surface area contributed by atoms with Crippen molar-refractivity contribution in [1.29, 1.82) is 0 Å². The first kappa shape index (κ1) is 14.3. The minimum atomic E-state index is -0.722. The summed E-state index contributed by atoms with van der Waals surface area (Å²) in [6.07, 6.45) is -0.330. The number of hydrogen-bond donors (Lipinski definition) is 1. The van der Waals surface area contributed by atoms with E-state index in [4.69, 9.17) is 23.2 Å². The molecule has 4 heteroatoms. The van der Waals surface area contributed by atoms with Gasteiger partial charge in [0, 0.05) is 16.5 Å². The Bertz CT molecular complexity index is 578. The van der Waals surface area contributed by atoms with Gasteiger partial charge in [0.1, 0.15) is 5.82 Å². The minimum absolute atomic E-state index is 0.276. The highest BCUT2D eigenvalue weighted by molar-refractivity contribution is 6.34. The van der Waals surface area contributed by atoms with Crippen LogP contribution in [0.5, 0.6) is 0 Å². The van der Waals surface area contributed by atoms with Crippen molar-refractivity contribution in [3.63, 3.8) is 0 Å². The molecule has 1 atom stereocenters. The maximum Gasteiger partial charge on any atom is 0.123 e. The van der Waals surface area contributed by atoms with Gasteiger partial charge in [-0.2, -0.15) is 0 Å². The van der Waals surface area contributed by atoms with Crippen LogP contribution in [0.1, 0.15) is 22.8 Å². The Kier molecular flexibility index (Phi) is 4.46. The van der Waals surface area contributed by atoms with Crippen LogP contribution in [0.15, 0.2) is 36.4 Å². The summed E-state index contributed by atoms with van der Waals surface area (Å²) in [6.45, 7) is 1.82. The minimum Gasteiger partial charge on any atom is -0.388 e. The number of rotatable bonds is 3. The van der Waals surface area contributed by atoms with Crippen LogP contribution in [0.4, 0.5) is 4.39 Å². The zero-order valence-corrected chi connectivity index (χ0v) is 11.8. The van der Waals surface area contributed by atoms with Crippen molar-refractivity contribution in [3.05, 3.63) is 69.0 Å². The SMILES string of the molecule is Cc1cc(F)ccc1CC(O)c1cc(Cl)cc(Cl)c1. The molecule has 2 aromatic carbocycles. The van der Waals surface area contributed by atoms with Crippen molar-refractivity contribution in [3.8, 4) is 0 Å². The molecular formula is C15H13Cl2FO. The predicted octanol–water partition coefficient (Wildman–Crippen LogP) is 4.72. The van der Waals surface area contributed by atoms with E-state index in [1.807, 2.05) is 6.92 Å². The van der Waals surface area contributed by atoms with Crippen LogP contribution in [0.3, 0.4) is 0 Å².